The van der Waals surface area contributed by atoms with E-state index in [1.807, 2.05) is 78.9 Å². The number of aliphatic hydroxyl groups is 1. The summed E-state index contributed by atoms with van der Waals surface area (Å²) in [7, 11) is 0. The second-order valence-corrected chi connectivity index (χ2v) is 13.4. The van der Waals surface area contributed by atoms with Gasteiger partial charge in [-0.25, -0.2) is 9.37 Å². The van der Waals surface area contributed by atoms with Crippen molar-refractivity contribution in [2.45, 2.75) is 56.6 Å². The summed E-state index contributed by atoms with van der Waals surface area (Å²) < 4.78 is 14.4. The predicted octanol–water partition coefficient (Wildman–Crippen LogP) is 8.90. The molecule has 2 N–H and O–H groups in total. The number of hydrogen-bond acceptors (Lipinski definition) is 4. The lowest BCUT2D eigenvalue weighted by Gasteiger charge is -2.24. The van der Waals surface area contributed by atoms with Gasteiger partial charge in [0.15, 0.2) is 0 Å². The van der Waals surface area contributed by atoms with Crippen LogP contribution in [-0.2, 0) is 16.8 Å². The number of benzene rings is 3. The summed E-state index contributed by atoms with van der Waals surface area (Å²) in [6.45, 7) is 3.58. The number of rotatable bonds is 12. The van der Waals surface area contributed by atoms with Crippen molar-refractivity contribution in [2.75, 3.05) is 5.75 Å². The summed E-state index contributed by atoms with van der Waals surface area (Å²) in [5, 5.41) is 21.8. The van der Waals surface area contributed by atoms with Crippen molar-refractivity contribution < 1.29 is 19.4 Å². The molecule has 7 heteroatoms. The van der Waals surface area contributed by atoms with E-state index in [2.05, 4.69) is 12.1 Å². The van der Waals surface area contributed by atoms with Crippen LogP contribution in [0.5, 0.6) is 0 Å². The number of halogens is 2. The number of aliphatic carboxylic acids is 1. The van der Waals surface area contributed by atoms with Crippen molar-refractivity contribution in [2.24, 2.45) is 5.41 Å². The number of fused-ring (bicyclic) bond motifs is 1. The fourth-order valence-electron chi connectivity index (χ4n) is 5.46. The van der Waals surface area contributed by atoms with Crippen LogP contribution in [0.2, 0.25) is 5.02 Å². The largest absolute Gasteiger partial charge is 0.481 e. The Morgan fingerprint density at radius 3 is 2.62 bits per heavy atom. The lowest BCUT2D eigenvalue weighted by atomic mass is 9.90. The van der Waals surface area contributed by atoms with Crippen molar-refractivity contribution in [3.8, 4) is 0 Å². The second-order valence-electron chi connectivity index (χ2n) is 11.7. The van der Waals surface area contributed by atoms with Crippen LogP contribution >= 0.6 is 23.4 Å². The molecule has 0 radical (unpaired) electrons. The third-order valence-corrected chi connectivity index (χ3v) is 9.81. The normalized spacial score (nSPS) is 19.3. The molecule has 5 rings (SSSR count). The average molecular weight is 604 g/mol. The first-order valence-electron chi connectivity index (χ1n) is 14.1. The molecule has 0 saturated heterocycles. The number of carboxylic acids is 1. The Kier molecular flexibility index (Phi) is 9.07. The van der Waals surface area contributed by atoms with Gasteiger partial charge in [0.2, 0.25) is 0 Å². The van der Waals surface area contributed by atoms with Crippen LogP contribution in [0.4, 0.5) is 4.39 Å². The predicted molar refractivity (Wildman–Crippen MR) is 172 cm³/mol. The lowest BCUT2D eigenvalue weighted by Crippen LogP contribution is -2.18. The van der Waals surface area contributed by atoms with E-state index in [0.29, 0.717) is 17.2 Å². The molecule has 0 spiro atoms. The van der Waals surface area contributed by atoms with Gasteiger partial charge in [0.25, 0.3) is 0 Å². The third-order valence-electron chi connectivity index (χ3n) is 7.92. The van der Waals surface area contributed by atoms with E-state index in [1.165, 1.54) is 0 Å². The molecule has 1 aromatic heterocycles. The Morgan fingerprint density at radius 1 is 1.12 bits per heavy atom. The van der Waals surface area contributed by atoms with E-state index >= 15 is 0 Å². The van der Waals surface area contributed by atoms with E-state index in [0.717, 1.165) is 51.7 Å². The van der Waals surface area contributed by atoms with Crippen molar-refractivity contribution in [1.29, 1.82) is 0 Å². The Balaban J connectivity index is 1.38. The minimum absolute atomic E-state index is 0.0209. The number of thioether (sulfide) groups is 1. The van der Waals surface area contributed by atoms with Crippen LogP contribution in [0.1, 0.15) is 66.3 Å². The Hall–Kier alpha value is -3.19. The molecule has 4 nitrogen and oxygen atoms in total. The van der Waals surface area contributed by atoms with Gasteiger partial charge in [-0.1, -0.05) is 78.3 Å². The molecule has 4 aromatic rings. The maximum atomic E-state index is 14.4. The summed E-state index contributed by atoms with van der Waals surface area (Å²) in [5.41, 5.74) is 3.98. The molecule has 42 heavy (non-hydrogen) atoms. The number of alkyl halides is 1. The lowest BCUT2D eigenvalue weighted by molar-refractivity contribution is -0.138. The van der Waals surface area contributed by atoms with Crippen molar-refractivity contribution >= 4 is 52.4 Å². The van der Waals surface area contributed by atoms with E-state index in [4.69, 9.17) is 16.6 Å². The molecule has 218 valence electrons. The average Bonchev–Trinajstić information content (AvgIpc) is 3.58. The van der Waals surface area contributed by atoms with Gasteiger partial charge in [0.1, 0.15) is 6.17 Å². The highest BCUT2D eigenvalue weighted by Gasteiger charge is 2.56. The van der Waals surface area contributed by atoms with Crippen LogP contribution in [-0.4, -0.2) is 33.1 Å². The molecule has 1 aliphatic carbocycles. The molecule has 1 heterocycles. The molecule has 1 aliphatic rings. The summed E-state index contributed by atoms with van der Waals surface area (Å²) >= 11 is 7.79. The molecular formula is C35H35ClFNO3S. The van der Waals surface area contributed by atoms with Gasteiger partial charge in [-0.05, 0) is 79.6 Å². The fraction of sp³-hybridized carbons (Fsp3) is 0.314. The van der Waals surface area contributed by atoms with Crippen LogP contribution in [0, 0.1) is 5.41 Å². The van der Waals surface area contributed by atoms with Gasteiger partial charge in [0.05, 0.1) is 23.2 Å². The first-order valence-corrected chi connectivity index (χ1v) is 15.6. The first kappa shape index (κ1) is 30.3. The molecule has 2 unspecified atom stereocenters. The van der Waals surface area contributed by atoms with Gasteiger partial charge < -0.3 is 10.2 Å². The summed E-state index contributed by atoms with van der Waals surface area (Å²) in [6, 6.07) is 25.8. The molecule has 0 aliphatic heterocycles. The Labute approximate surface area is 255 Å². The van der Waals surface area contributed by atoms with Gasteiger partial charge in [-0.15, -0.1) is 0 Å². The number of hydrogen-bond donors (Lipinski definition) is 2. The number of carboxylic acid groups (broad SMARTS) is 1. The van der Waals surface area contributed by atoms with Gasteiger partial charge in [-0.3, -0.25) is 4.79 Å². The van der Waals surface area contributed by atoms with Crippen LogP contribution < -0.4 is 0 Å². The first-order chi connectivity index (χ1) is 20.0. The quantitative estimate of drug-likeness (QED) is 0.169. The van der Waals surface area contributed by atoms with Gasteiger partial charge >= 0.3 is 5.97 Å². The van der Waals surface area contributed by atoms with Gasteiger partial charge in [-0.2, -0.15) is 11.8 Å². The van der Waals surface area contributed by atoms with Crippen LogP contribution in [0.3, 0.4) is 0 Å². The minimum atomic E-state index is -1.07. The number of nitrogens with zero attached hydrogens (tertiary/aromatic N) is 1. The van der Waals surface area contributed by atoms with E-state index in [1.54, 1.807) is 25.6 Å². The van der Waals surface area contributed by atoms with E-state index in [9.17, 15) is 19.4 Å². The van der Waals surface area contributed by atoms with E-state index < -0.39 is 23.2 Å². The maximum absolute atomic E-state index is 14.4. The number of carbonyl (C=O) groups is 1. The minimum Gasteiger partial charge on any atom is -0.481 e. The van der Waals surface area contributed by atoms with Gasteiger partial charge in [0, 0.05) is 26.8 Å². The smallest absolute Gasteiger partial charge is 0.304 e. The molecule has 3 atom stereocenters. The zero-order chi connectivity index (χ0) is 29.9. The highest BCUT2D eigenvalue weighted by molar-refractivity contribution is 7.99. The zero-order valence-corrected chi connectivity index (χ0v) is 25.3. The topological polar surface area (TPSA) is 70.4 Å². The second kappa shape index (κ2) is 12.6. The van der Waals surface area contributed by atoms with Crippen LogP contribution in [0.25, 0.3) is 23.1 Å². The Bertz CT molecular complexity index is 1620. The third kappa shape index (κ3) is 7.41. The Morgan fingerprint density at radius 2 is 1.88 bits per heavy atom. The maximum Gasteiger partial charge on any atom is 0.304 e. The number of aryl methyl sites for hydroxylation is 1. The van der Waals surface area contributed by atoms with Crippen LogP contribution in [0.15, 0.2) is 78.9 Å². The monoisotopic (exact) mass is 603 g/mol. The summed E-state index contributed by atoms with van der Waals surface area (Å²) in [5.74, 6) is -0.509. The molecule has 0 amide bonds. The fourth-order valence-corrected chi connectivity index (χ4v) is 7.18. The molecule has 1 fully saturated rings. The number of pyridine rings is 1. The molecular weight excluding hydrogens is 569 g/mol. The summed E-state index contributed by atoms with van der Waals surface area (Å²) in [4.78, 5) is 16.2. The molecule has 3 aromatic carbocycles. The highest BCUT2D eigenvalue weighted by Crippen LogP contribution is 2.55. The number of aromatic nitrogens is 1. The van der Waals surface area contributed by atoms with Crippen molar-refractivity contribution in [3.63, 3.8) is 0 Å². The summed E-state index contributed by atoms with van der Waals surface area (Å²) in [6.07, 6.45) is 4.56. The van der Waals surface area contributed by atoms with Crippen molar-refractivity contribution in [3.05, 3.63) is 112 Å². The zero-order valence-electron chi connectivity index (χ0n) is 23.8. The van der Waals surface area contributed by atoms with E-state index in [-0.39, 0.29) is 11.7 Å². The standard InChI is InChI=1S/C35H35ClFNO3S/c1-34(2,41)29-9-4-3-7-24(29)13-17-31(42-22-35(20-32(35)37)21-33(39)40)26-8-5-6-23(18-26)10-15-28-16-12-25-11-14-27(36)19-30(25)38-28/h3-12,14-16,18-19,31-32,41H,13,17,20-22H2,1-2H3,(H,39,40)/b15-10+/t31-,32?,35?/m0/s1. The van der Waals surface area contributed by atoms with Crippen molar-refractivity contribution in [1.82, 2.24) is 4.98 Å². The molecule has 0 bridgehead atoms. The SMILES string of the molecule is CC(C)(O)c1ccccc1CC[C@H](SCC1(CC(=O)O)CC1F)c1cccc(/C=C/c2ccc3ccc(Cl)cc3n2)c1. The molecule has 1 saturated carbocycles. The highest BCUT2D eigenvalue weighted by atomic mass is 35.5.